The number of fused-ring (bicyclic) bond motifs is 2. The first-order chi connectivity index (χ1) is 8.63. The lowest BCUT2D eigenvalue weighted by molar-refractivity contribution is 0.102. The van der Waals surface area contributed by atoms with Crippen LogP contribution in [0.1, 0.15) is 27.0 Å². The van der Waals surface area contributed by atoms with Gasteiger partial charge in [0.2, 0.25) is 0 Å². The number of nitrogens with one attached hydrogen (secondary N) is 1. The molecular weight excluding hydrogens is 246 g/mol. The molecule has 0 bridgehead atoms. The molecule has 0 aromatic heterocycles. The van der Waals surface area contributed by atoms with Crippen molar-refractivity contribution in [2.24, 2.45) is 0 Å². The first kappa shape index (κ1) is 11.3. The molecule has 0 radical (unpaired) electrons. The van der Waals surface area contributed by atoms with Crippen LogP contribution in [0.4, 0.5) is 5.69 Å². The van der Waals surface area contributed by atoms with Gasteiger partial charge < -0.3 is 5.32 Å². The van der Waals surface area contributed by atoms with Gasteiger partial charge in [0.05, 0.1) is 0 Å². The van der Waals surface area contributed by atoms with Gasteiger partial charge in [-0.1, -0.05) is 29.8 Å². The number of benzene rings is 2. The highest BCUT2D eigenvalue weighted by molar-refractivity contribution is 6.31. The van der Waals surface area contributed by atoms with Crippen LogP contribution in [-0.2, 0) is 6.42 Å². The Balaban J connectivity index is 2.16. The Morgan fingerprint density at radius 2 is 1.89 bits per heavy atom. The zero-order valence-electron chi connectivity index (χ0n) is 9.96. The molecule has 1 aliphatic rings. The second kappa shape index (κ2) is 4.14. The van der Waals surface area contributed by atoms with Gasteiger partial charge in [-0.05, 0) is 41.8 Å². The van der Waals surface area contributed by atoms with Crippen molar-refractivity contribution in [3.63, 3.8) is 0 Å². The first-order valence-electron chi connectivity index (χ1n) is 5.83. The van der Waals surface area contributed by atoms with Crippen molar-refractivity contribution in [2.75, 3.05) is 5.32 Å². The Morgan fingerprint density at radius 3 is 2.72 bits per heavy atom. The number of carbonyl (C=O) groups is 1. The fourth-order valence-corrected chi connectivity index (χ4v) is 2.44. The van der Waals surface area contributed by atoms with Crippen molar-refractivity contribution < 1.29 is 4.79 Å². The molecule has 1 N–H and O–H groups in total. The standard InChI is InChI=1S/C15H12ClNO/c1-9-2-3-11-7-10-4-5-12(16)8-13(10)15(18)17-14(11)6-9/h2-6,8H,7H2,1H3,(H,17,18). The molecule has 0 saturated carbocycles. The van der Waals surface area contributed by atoms with Gasteiger partial charge in [-0.2, -0.15) is 0 Å². The lowest BCUT2D eigenvalue weighted by Crippen LogP contribution is -2.11. The highest BCUT2D eigenvalue weighted by Crippen LogP contribution is 2.28. The predicted molar refractivity (Wildman–Crippen MR) is 73.4 cm³/mol. The van der Waals surface area contributed by atoms with E-state index >= 15 is 0 Å². The molecule has 3 heteroatoms. The molecule has 2 aromatic carbocycles. The second-order valence-corrected chi connectivity index (χ2v) is 5.03. The average Bonchev–Trinajstić information content (AvgIpc) is 2.46. The van der Waals surface area contributed by atoms with Gasteiger partial charge in [-0.25, -0.2) is 0 Å². The number of anilines is 1. The summed E-state index contributed by atoms with van der Waals surface area (Å²) in [5.41, 5.74) is 4.84. The molecule has 0 aliphatic carbocycles. The normalized spacial score (nSPS) is 13.3. The minimum atomic E-state index is -0.0862. The van der Waals surface area contributed by atoms with Gasteiger partial charge in [0, 0.05) is 22.7 Å². The van der Waals surface area contributed by atoms with Crippen LogP contribution in [0.2, 0.25) is 5.02 Å². The molecule has 1 aliphatic heterocycles. The quantitative estimate of drug-likeness (QED) is 0.764. The molecule has 0 spiro atoms. The van der Waals surface area contributed by atoms with Crippen LogP contribution >= 0.6 is 11.6 Å². The Bertz CT molecular complexity index is 649. The monoisotopic (exact) mass is 257 g/mol. The zero-order chi connectivity index (χ0) is 12.7. The number of carbonyl (C=O) groups excluding carboxylic acids is 1. The Morgan fingerprint density at radius 1 is 1.11 bits per heavy atom. The van der Waals surface area contributed by atoms with E-state index in [1.807, 2.05) is 25.1 Å². The molecule has 0 saturated heterocycles. The van der Waals surface area contributed by atoms with Crippen LogP contribution in [0.5, 0.6) is 0 Å². The van der Waals surface area contributed by atoms with Gasteiger partial charge >= 0.3 is 0 Å². The highest BCUT2D eigenvalue weighted by Gasteiger charge is 2.19. The summed E-state index contributed by atoms with van der Waals surface area (Å²) in [4.78, 5) is 12.2. The molecule has 18 heavy (non-hydrogen) atoms. The number of rotatable bonds is 0. The molecule has 3 rings (SSSR count). The van der Waals surface area contributed by atoms with E-state index in [4.69, 9.17) is 11.6 Å². The van der Waals surface area contributed by atoms with Crippen molar-refractivity contribution in [1.29, 1.82) is 0 Å². The Hall–Kier alpha value is -1.80. The Labute approximate surface area is 111 Å². The van der Waals surface area contributed by atoms with Crippen molar-refractivity contribution in [3.05, 3.63) is 63.7 Å². The molecular formula is C15H12ClNO. The number of hydrogen-bond acceptors (Lipinski definition) is 1. The number of amides is 1. The minimum absolute atomic E-state index is 0.0862. The van der Waals surface area contributed by atoms with Gasteiger partial charge in [0.25, 0.3) is 5.91 Å². The van der Waals surface area contributed by atoms with Gasteiger partial charge in [0.15, 0.2) is 0 Å². The van der Waals surface area contributed by atoms with E-state index < -0.39 is 0 Å². The molecule has 2 nitrogen and oxygen atoms in total. The van der Waals surface area contributed by atoms with Crippen molar-refractivity contribution in [1.82, 2.24) is 0 Å². The molecule has 90 valence electrons. The van der Waals surface area contributed by atoms with Crippen molar-refractivity contribution in [3.8, 4) is 0 Å². The maximum atomic E-state index is 12.2. The van der Waals surface area contributed by atoms with E-state index in [0.717, 1.165) is 28.8 Å². The summed E-state index contributed by atoms with van der Waals surface area (Å²) < 4.78 is 0. The van der Waals surface area contributed by atoms with E-state index in [2.05, 4.69) is 17.4 Å². The average molecular weight is 258 g/mol. The second-order valence-electron chi connectivity index (χ2n) is 4.59. The molecule has 1 heterocycles. The fourth-order valence-electron chi connectivity index (χ4n) is 2.27. The number of aryl methyl sites for hydroxylation is 1. The third-order valence-corrected chi connectivity index (χ3v) is 3.45. The van der Waals surface area contributed by atoms with Gasteiger partial charge in [0.1, 0.15) is 0 Å². The van der Waals surface area contributed by atoms with Crippen molar-refractivity contribution >= 4 is 23.2 Å². The lowest BCUT2D eigenvalue weighted by atomic mass is 10.00. The Kier molecular flexibility index (Phi) is 2.60. The summed E-state index contributed by atoms with van der Waals surface area (Å²) in [5.74, 6) is -0.0862. The minimum Gasteiger partial charge on any atom is -0.322 e. The molecule has 1 amide bonds. The maximum absolute atomic E-state index is 12.2. The van der Waals surface area contributed by atoms with E-state index in [9.17, 15) is 4.79 Å². The van der Waals surface area contributed by atoms with Crippen LogP contribution in [0.3, 0.4) is 0 Å². The molecule has 0 unspecified atom stereocenters. The topological polar surface area (TPSA) is 29.1 Å². The van der Waals surface area contributed by atoms with Gasteiger partial charge in [-0.15, -0.1) is 0 Å². The fraction of sp³-hybridized carbons (Fsp3) is 0.133. The summed E-state index contributed by atoms with van der Waals surface area (Å²) in [6.07, 6.45) is 0.751. The third kappa shape index (κ3) is 1.89. The molecule has 0 fully saturated rings. The van der Waals surface area contributed by atoms with Crippen LogP contribution in [0.15, 0.2) is 36.4 Å². The summed E-state index contributed by atoms with van der Waals surface area (Å²) in [6, 6.07) is 11.6. The maximum Gasteiger partial charge on any atom is 0.256 e. The first-order valence-corrected chi connectivity index (χ1v) is 6.20. The van der Waals surface area contributed by atoms with Crippen LogP contribution in [0.25, 0.3) is 0 Å². The van der Waals surface area contributed by atoms with E-state index in [-0.39, 0.29) is 5.91 Å². The molecule has 2 aromatic rings. The smallest absolute Gasteiger partial charge is 0.256 e. The zero-order valence-corrected chi connectivity index (χ0v) is 10.7. The lowest BCUT2D eigenvalue weighted by Gasteiger charge is -2.06. The number of hydrogen-bond donors (Lipinski definition) is 1. The summed E-state index contributed by atoms with van der Waals surface area (Å²) in [7, 11) is 0. The predicted octanol–water partition coefficient (Wildman–Crippen LogP) is 3.80. The summed E-state index contributed by atoms with van der Waals surface area (Å²) in [6.45, 7) is 2.02. The highest BCUT2D eigenvalue weighted by atomic mass is 35.5. The summed E-state index contributed by atoms with van der Waals surface area (Å²) in [5, 5.41) is 3.54. The van der Waals surface area contributed by atoms with Crippen LogP contribution < -0.4 is 5.32 Å². The number of halogens is 1. The summed E-state index contributed by atoms with van der Waals surface area (Å²) >= 11 is 5.95. The van der Waals surface area contributed by atoms with Crippen LogP contribution in [-0.4, -0.2) is 5.91 Å². The molecule has 0 atom stereocenters. The third-order valence-electron chi connectivity index (χ3n) is 3.21. The van der Waals surface area contributed by atoms with E-state index in [1.165, 1.54) is 0 Å². The van der Waals surface area contributed by atoms with Crippen LogP contribution in [0, 0.1) is 6.92 Å². The van der Waals surface area contributed by atoms with E-state index in [0.29, 0.717) is 10.6 Å². The SMILES string of the molecule is Cc1ccc2c(c1)NC(=O)c1cc(Cl)ccc1C2. The van der Waals surface area contributed by atoms with Gasteiger partial charge in [-0.3, -0.25) is 4.79 Å². The largest absolute Gasteiger partial charge is 0.322 e. The van der Waals surface area contributed by atoms with Crippen molar-refractivity contribution in [2.45, 2.75) is 13.3 Å². The van der Waals surface area contributed by atoms with E-state index in [1.54, 1.807) is 6.07 Å².